The molecule has 0 aliphatic carbocycles. The Labute approximate surface area is 147 Å². The van der Waals surface area contributed by atoms with Crippen molar-refractivity contribution in [3.63, 3.8) is 0 Å². The molecular formula is C19H15F2N3O2. The number of aliphatic hydroxyl groups excluding tert-OH is 1. The summed E-state index contributed by atoms with van der Waals surface area (Å²) in [5.74, 6) is -3.10. The molecule has 1 amide bonds. The van der Waals surface area contributed by atoms with Gasteiger partial charge in [-0.25, -0.2) is 13.8 Å². The van der Waals surface area contributed by atoms with Crippen LogP contribution in [0, 0.1) is 11.6 Å². The van der Waals surface area contributed by atoms with Gasteiger partial charge in [-0.1, -0.05) is 19.1 Å². The average molecular weight is 355 g/mol. The Morgan fingerprint density at radius 2 is 2.08 bits per heavy atom. The molecule has 2 aromatic carbocycles. The van der Waals surface area contributed by atoms with Crippen LogP contribution in [0.25, 0.3) is 11.0 Å². The molecule has 0 bridgehead atoms. The van der Waals surface area contributed by atoms with E-state index in [9.17, 15) is 18.7 Å². The smallest absolute Gasteiger partial charge is 0.293 e. The number of carbonyl (C=O) groups excluding carboxylic acids is 1. The molecule has 0 fully saturated rings. The summed E-state index contributed by atoms with van der Waals surface area (Å²) in [5.41, 5.74) is 2.21. The minimum Gasteiger partial charge on any atom is -0.503 e. The van der Waals surface area contributed by atoms with E-state index in [0.717, 1.165) is 6.07 Å². The Morgan fingerprint density at radius 1 is 1.27 bits per heavy atom. The minimum absolute atomic E-state index is 0.00366. The van der Waals surface area contributed by atoms with Gasteiger partial charge in [0.25, 0.3) is 5.91 Å². The summed E-state index contributed by atoms with van der Waals surface area (Å²) >= 11 is 0. The topological polar surface area (TPSA) is 69.2 Å². The number of nitrogens with one attached hydrogen (secondary N) is 1. The van der Waals surface area contributed by atoms with Gasteiger partial charge in [-0.3, -0.25) is 9.69 Å². The second kappa shape index (κ2) is 5.94. The van der Waals surface area contributed by atoms with Crippen molar-refractivity contribution < 1.29 is 18.7 Å². The van der Waals surface area contributed by atoms with E-state index in [1.54, 1.807) is 25.1 Å². The number of H-pyrrole nitrogens is 1. The third-order valence-electron chi connectivity index (χ3n) is 4.65. The summed E-state index contributed by atoms with van der Waals surface area (Å²) in [6.45, 7) is 1.75. The van der Waals surface area contributed by atoms with Crippen molar-refractivity contribution in [2.24, 2.45) is 0 Å². The highest BCUT2D eigenvalue weighted by atomic mass is 19.2. The minimum atomic E-state index is -1.03. The maximum absolute atomic E-state index is 14.5. The van der Waals surface area contributed by atoms with Gasteiger partial charge in [-0.2, -0.15) is 0 Å². The SMILES string of the molecule is CCC1=C(O)C(=O)N(c2ccc3nc[nH]c3c2)C1c1cccc(F)c1F. The van der Waals surface area contributed by atoms with Gasteiger partial charge in [-0.15, -0.1) is 0 Å². The molecule has 1 aromatic heterocycles. The van der Waals surface area contributed by atoms with Crippen LogP contribution < -0.4 is 4.90 Å². The van der Waals surface area contributed by atoms with E-state index in [-0.39, 0.29) is 5.56 Å². The summed E-state index contributed by atoms with van der Waals surface area (Å²) in [4.78, 5) is 21.1. The molecule has 2 N–H and O–H groups in total. The van der Waals surface area contributed by atoms with E-state index in [1.165, 1.54) is 23.4 Å². The third-order valence-corrected chi connectivity index (χ3v) is 4.65. The lowest BCUT2D eigenvalue weighted by Gasteiger charge is -2.27. The van der Waals surface area contributed by atoms with Crippen LogP contribution in [0.5, 0.6) is 0 Å². The van der Waals surface area contributed by atoms with E-state index < -0.39 is 29.3 Å². The van der Waals surface area contributed by atoms with Gasteiger partial charge in [0.1, 0.15) is 0 Å². The second-order valence-corrected chi connectivity index (χ2v) is 6.05. The van der Waals surface area contributed by atoms with E-state index in [0.29, 0.717) is 28.7 Å². The van der Waals surface area contributed by atoms with Crippen molar-refractivity contribution >= 4 is 22.6 Å². The number of rotatable bonds is 3. The highest BCUT2D eigenvalue weighted by Gasteiger charge is 2.42. The summed E-state index contributed by atoms with van der Waals surface area (Å²) < 4.78 is 28.3. The molecular weight excluding hydrogens is 340 g/mol. The molecule has 1 aliphatic rings. The second-order valence-electron chi connectivity index (χ2n) is 6.05. The maximum Gasteiger partial charge on any atom is 0.293 e. The lowest BCUT2D eigenvalue weighted by atomic mass is 9.96. The number of aromatic nitrogens is 2. The van der Waals surface area contributed by atoms with Crippen LogP contribution >= 0.6 is 0 Å². The molecule has 0 saturated heterocycles. The van der Waals surface area contributed by atoms with E-state index >= 15 is 0 Å². The fourth-order valence-electron chi connectivity index (χ4n) is 3.41. The average Bonchev–Trinajstić information content (AvgIpc) is 3.20. The fourth-order valence-corrected chi connectivity index (χ4v) is 3.41. The molecule has 2 heterocycles. The van der Waals surface area contributed by atoms with Crippen LogP contribution in [0.3, 0.4) is 0 Å². The standard InChI is InChI=1S/C19H15F2N3O2/c1-2-11-17(12-4-3-5-13(20)16(12)21)24(19(26)18(11)25)10-6-7-14-15(8-10)23-9-22-14/h3-9,17,25H,2H2,1H3,(H,22,23). The van der Waals surface area contributed by atoms with Crippen LogP contribution in [-0.2, 0) is 4.79 Å². The van der Waals surface area contributed by atoms with E-state index in [2.05, 4.69) is 9.97 Å². The predicted molar refractivity (Wildman–Crippen MR) is 92.6 cm³/mol. The van der Waals surface area contributed by atoms with Crippen molar-refractivity contribution in [3.05, 3.63) is 71.3 Å². The van der Waals surface area contributed by atoms with Crippen LogP contribution in [-0.4, -0.2) is 21.0 Å². The monoisotopic (exact) mass is 355 g/mol. The summed E-state index contributed by atoms with van der Waals surface area (Å²) in [5, 5.41) is 10.3. The van der Waals surface area contributed by atoms with Crippen LogP contribution in [0.15, 0.2) is 54.1 Å². The van der Waals surface area contributed by atoms with Crippen molar-refractivity contribution in [2.75, 3.05) is 4.90 Å². The number of benzene rings is 2. The maximum atomic E-state index is 14.5. The molecule has 26 heavy (non-hydrogen) atoms. The van der Waals surface area contributed by atoms with Crippen LogP contribution in [0.4, 0.5) is 14.5 Å². The van der Waals surface area contributed by atoms with E-state index in [1.807, 2.05) is 0 Å². The number of nitrogens with zero attached hydrogens (tertiary/aromatic N) is 2. The Balaban J connectivity index is 1.91. The highest BCUT2D eigenvalue weighted by Crippen LogP contribution is 2.43. The van der Waals surface area contributed by atoms with Gasteiger partial charge >= 0.3 is 0 Å². The number of anilines is 1. The summed E-state index contributed by atoms with van der Waals surface area (Å²) in [7, 11) is 0. The molecule has 7 heteroatoms. The van der Waals surface area contributed by atoms with Gasteiger partial charge in [0.05, 0.1) is 23.4 Å². The number of halogens is 2. The van der Waals surface area contributed by atoms with E-state index in [4.69, 9.17) is 0 Å². The zero-order valence-corrected chi connectivity index (χ0v) is 13.8. The highest BCUT2D eigenvalue weighted by molar-refractivity contribution is 6.09. The first kappa shape index (κ1) is 16.3. The molecule has 1 unspecified atom stereocenters. The van der Waals surface area contributed by atoms with Crippen molar-refractivity contribution in [2.45, 2.75) is 19.4 Å². The summed E-state index contributed by atoms with van der Waals surface area (Å²) in [6, 6.07) is 7.99. The number of amides is 1. The number of carbonyl (C=O) groups is 1. The number of aromatic amines is 1. The Bertz CT molecular complexity index is 1060. The molecule has 4 rings (SSSR count). The van der Waals surface area contributed by atoms with Gasteiger partial charge in [-0.05, 0) is 30.7 Å². The van der Waals surface area contributed by atoms with Crippen LogP contribution in [0.2, 0.25) is 0 Å². The molecule has 0 radical (unpaired) electrons. The van der Waals surface area contributed by atoms with Gasteiger partial charge in [0.15, 0.2) is 17.4 Å². The van der Waals surface area contributed by atoms with Crippen molar-refractivity contribution in [1.29, 1.82) is 0 Å². The first-order chi connectivity index (χ1) is 12.5. The Kier molecular flexibility index (Phi) is 3.72. The summed E-state index contributed by atoms with van der Waals surface area (Å²) in [6.07, 6.45) is 1.85. The van der Waals surface area contributed by atoms with Gasteiger partial charge in [0, 0.05) is 16.8 Å². The lowest BCUT2D eigenvalue weighted by Crippen LogP contribution is -2.30. The quantitative estimate of drug-likeness (QED) is 0.741. The Hall–Kier alpha value is -3.22. The number of imidazole rings is 1. The van der Waals surface area contributed by atoms with Gasteiger partial charge in [0.2, 0.25) is 0 Å². The molecule has 0 saturated carbocycles. The first-order valence-corrected chi connectivity index (χ1v) is 8.15. The molecule has 3 aromatic rings. The number of aliphatic hydroxyl groups is 1. The fraction of sp³-hybridized carbons (Fsp3) is 0.158. The van der Waals surface area contributed by atoms with Crippen molar-refractivity contribution in [3.8, 4) is 0 Å². The largest absolute Gasteiger partial charge is 0.503 e. The zero-order chi connectivity index (χ0) is 18.4. The molecule has 1 aliphatic heterocycles. The molecule has 132 valence electrons. The zero-order valence-electron chi connectivity index (χ0n) is 13.8. The first-order valence-electron chi connectivity index (χ1n) is 8.15. The predicted octanol–water partition coefficient (Wildman–Crippen LogP) is 4.15. The number of hydrogen-bond acceptors (Lipinski definition) is 3. The van der Waals surface area contributed by atoms with Crippen LogP contribution in [0.1, 0.15) is 24.9 Å². The normalized spacial score (nSPS) is 17.6. The third kappa shape index (κ3) is 2.28. The number of fused-ring (bicyclic) bond motifs is 1. The lowest BCUT2D eigenvalue weighted by molar-refractivity contribution is -0.117. The molecule has 0 spiro atoms. The molecule has 1 atom stereocenters. The number of hydrogen-bond donors (Lipinski definition) is 2. The molecule has 5 nitrogen and oxygen atoms in total. The van der Waals surface area contributed by atoms with Crippen molar-refractivity contribution in [1.82, 2.24) is 9.97 Å². The Morgan fingerprint density at radius 3 is 2.85 bits per heavy atom. The van der Waals surface area contributed by atoms with Gasteiger partial charge < -0.3 is 10.1 Å².